The highest BCUT2D eigenvalue weighted by atomic mass is 79.9. The molecule has 35 heavy (non-hydrogen) atoms. The van der Waals surface area contributed by atoms with Gasteiger partial charge in [-0.25, -0.2) is 14.4 Å². The lowest BCUT2D eigenvalue weighted by atomic mass is 9.82. The summed E-state index contributed by atoms with van der Waals surface area (Å²) in [6.45, 7) is 5.05. The number of rotatable bonds is 8. The minimum Gasteiger partial charge on any atom is -0.466 e. The highest BCUT2D eigenvalue weighted by molar-refractivity contribution is 9.10. The molecule has 2 aromatic rings. The van der Waals surface area contributed by atoms with E-state index in [2.05, 4.69) is 20.7 Å². The van der Waals surface area contributed by atoms with Crippen LogP contribution in [0.1, 0.15) is 43.3 Å². The lowest BCUT2D eigenvalue weighted by molar-refractivity contribution is -0.165. The molecule has 1 atom stereocenters. The van der Waals surface area contributed by atoms with Gasteiger partial charge < -0.3 is 18.6 Å². The summed E-state index contributed by atoms with van der Waals surface area (Å²) >= 11 is 3.46. The van der Waals surface area contributed by atoms with E-state index in [0.717, 1.165) is 10.5 Å². The molecule has 0 aliphatic carbocycles. The highest BCUT2D eigenvalue weighted by Crippen LogP contribution is 2.49. The van der Waals surface area contributed by atoms with Crippen molar-refractivity contribution in [2.24, 2.45) is 0 Å². The molecule has 0 bridgehead atoms. The molecule has 1 unspecified atom stereocenters. The number of ether oxygens (including phenoxy) is 3. The van der Waals surface area contributed by atoms with E-state index in [0.29, 0.717) is 10.2 Å². The molecule has 0 N–H and O–H groups in total. The summed E-state index contributed by atoms with van der Waals surface area (Å²) in [5.41, 5.74) is -0.932. The fourth-order valence-corrected chi connectivity index (χ4v) is 4.76. The van der Waals surface area contributed by atoms with Gasteiger partial charge in [0.1, 0.15) is 11.5 Å². The van der Waals surface area contributed by atoms with Gasteiger partial charge in [0.05, 0.1) is 31.9 Å². The monoisotopic (exact) mass is 547 g/mol. The Kier molecular flexibility index (Phi) is 8.16. The summed E-state index contributed by atoms with van der Waals surface area (Å²) in [6.07, 6.45) is 2.34. The van der Waals surface area contributed by atoms with E-state index in [1.807, 2.05) is 6.92 Å². The minimum absolute atomic E-state index is 0.0188. The molecule has 1 saturated heterocycles. The molecule has 1 aliphatic rings. The summed E-state index contributed by atoms with van der Waals surface area (Å²) in [7, 11) is 1.25. The summed E-state index contributed by atoms with van der Waals surface area (Å²) in [5.74, 6) is -3.51. The number of furan rings is 1. The molecule has 1 fully saturated rings. The normalized spacial score (nSPS) is 17.0. The molecule has 0 saturated carbocycles. The van der Waals surface area contributed by atoms with Gasteiger partial charge in [-0.3, -0.25) is 9.69 Å². The van der Waals surface area contributed by atoms with E-state index in [-0.39, 0.29) is 31.2 Å². The van der Waals surface area contributed by atoms with Gasteiger partial charge in [-0.15, -0.1) is 0 Å². The number of carbonyl (C=O) groups is 4. The van der Waals surface area contributed by atoms with Crippen LogP contribution < -0.4 is 4.90 Å². The van der Waals surface area contributed by atoms with Gasteiger partial charge >= 0.3 is 17.9 Å². The standard InChI is InChI=1S/C25H26BrNO8/c1-5-33-23(30)25(24(31)34-6-2)17(20-11-8-16(35-20)9-12-22(29)32-4)14-21(28)27(25)19-10-7-15(3)13-18(19)26/h7-13,17H,5-6,14H2,1-4H3/b12-9+. The quantitative estimate of drug-likeness (QED) is 0.211. The maximum atomic E-state index is 13.6. The Morgan fingerprint density at radius 2 is 1.80 bits per heavy atom. The number of esters is 3. The van der Waals surface area contributed by atoms with Crippen LogP contribution >= 0.6 is 15.9 Å². The van der Waals surface area contributed by atoms with Crippen LogP contribution in [0.25, 0.3) is 6.08 Å². The number of hydrogen-bond donors (Lipinski definition) is 0. The van der Waals surface area contributed by atoms with Crippen LogP contribution in [0.15, 0.2) is 45.3 Å². The van der Waals surface area contributed by atoms with Crippen molar-refractivity contribution >= 4 is 51.5 Å². The van der Waals surface area contributed by atoms with Crippen molar-refractivity contribution < 1.29 is 37.8 Å². The number of methoxy groups -OCH3 is 1. The first-order valence-electron chi connectivity index (χ1n) is 11.0. The third kappa shape index (κ3) is 4.88. The van der Waals surface area contributed by atoms with Crippen LogP contribution in [0.5, 0.6) is 0 Å². The van der Waals surface area contributed by atoms with Gasteiger partial charge in [-0.2, -0.15) is 0 Å². The number of aryl methyl sites for hydroxylation is 1. The molecule has 1 aliphatic heterocycles. The molecule has 1 aromatic carbocycles. The van der Waals surface area contributed by atoms with Gasteiger partial charge in [0.25, 0.3) is 5.54 Å². The van der Waals surface area contributed by atoms with Crippen molar-refractivity contribution in [3.8, 4) is 0 Å². The summed E-state index contributed by atoms with van der Waals surface area (Å²) in [5, 5.41) is 0. The third-order valence-corrected chi connectivity index (χ3v) is 6.21. The van der Waals surface area contributed by atoms with Crippen LogP contribution in [0.2, 0.25) is 0 Å². The maximum absolute atomic E-state index is 13.6. The van der Waals surface area contributed by atoms with Gasteiger partial charge in [0.2, 0.25) is 5.91 Å². The zero-order chi connectivity index (χ0) is 25.8. The van der Waals surface area contributed by atoms with Crippen molar-refractivity contribution in [3.05, 3.63) is 58.0 Å². The SMILES string of the molecule is CCOC(=O)C1(C(=O)OCC)C(c2ccc(/C=C/C(=O)OC)o2)CC(=O)N1c1ccc(C)cc1Br. The molecule has 9 nitrogen and oxygen atoms in total. The van der Waals surface area contributed by atoms with E-state index in [9.17, 15) is 19.2 Å². The predicted molar refractivity (Wildman–Crippen MR) is 129 cm³/mol. The molecular formula is C25H26BrNO8. The average molecular weight is 548 g/mol. The van der Waals surface area contributed by atoms with Crippen LogP contribution in [0.3, 0.4) is 0 Å². The first-order chi connectivity index (χ1) is 16.7. The largest absolute Gasteiger partial charge is 0.466 e. The average Bonchev–Trinajstić information content (AvgIpc) is 3.40. The Morgan fingerprint density at radius 3 is 2.37 bits per heavy atom. The maximum Gasteiger partial charge on any atom is 0.345 e. The second-order valence-corrected chi connectivity index (χ2v) is 8.60. The Balaban J connectivity index is 2.22. The van der Waals surface area contributed by atoms with E-state index < -0.39 is 35.3 Å². The van der Waals surface area contributed by atoms with Gasteiger partial charge in [0, 0.05) is 17.0 Å². The fourth-order valence-electron chi connectivity index (χ4n) is 4.09. The summed E-state index contributed by atoms with van der Waals surface area (Å²) < 4.78 is 21.6. The van der Waals surface area contributed by atoms with Crippen molar-refractivity contribution in [3.63, 3.8) is 0 Å². The summed E-state index contributed by atoms with van der Waals surface area (Å²) in [4.78, 5) is 53.2. The van der Waals surface area contributed by atoms with Gasteiger partial charge in [-0.1, -0.05) is 6.07 Å². The zero-order valence-electron chi connectivity index (χ0n) is 19.8. The highest BCUT2D eigenvalue weighted by Gasteiger charge is 2.67. The molecule has 10 heteroatoms. The smallest absolute Gasteiger partial charge is 0.345 e. The molecule has 1 amide bonds. The lowest BCUT2D eigenvalue weighted by Gasteiger charge is -2.37. The first-order valence-corrected chi connectivity index (χ1v) is 11.8. The van der Waals surface area contributed by atoms with Crippen LogP contribution in [0, 0.1) is 6.92 Å². The number of anilines is 1. The topological polar surface area (TPSA) is 112 Å². The van der Waals surface area contributed by atoms with E-state index >= 15 is 0 Å². The van der Waals surface area contributed by atoms with Crippen LogP contribution in [-0.2, 0) is 33.4 Å². The van der Waals surface area contributed by atoms with Crippen LogP contribution in [0.4, 0.5) is 5.69 Å². The first kappa shape index (κ1) is 26.2. The minimum atomic E-state index is -2.16. The number of amides is 1. The van der Waals surface area contributed by atoms with Crippen molar-refractivity contribution in [1.82, 2.24) is 0 Å². The number of hydrogen-bond acceptors (Lipinski definition) is 8. The van der Waals surface area contributed by atoms with Crippen LogP contribution in [-0.4, -0.2) is 49.7 Å². The van der Waals surface area contributed by atoms with Crippen molar-refractivity contribution in [2.45, 2.75) is 38.6 Å². The number of benzene rings is 1. The Labute approximate surface area is 211 Å². The molecule has 3 rings (SSSR count). The molecule has 186 valence electrons. The number of carbonyl (C=O) groups excluding carboxylic acids is 4. The molecule has 1 aromatic heterocycles. The second kappa shape index (κ2) is 10.9. The van der Waals surface area contributed by atoms with Crippen molar-refractivity contribution in [2.75, 3.05) is 25.2 Å². The number of halogens is 1. The van der Waals surface area contributed by atoms with E-state index in [1.54, 1.807) is 44.2 Å². The Morgan fingerprint density at radius 1 is 1.14 bits per heavy atom. The van der Waals surface area contributed by atoms with Gasteiger partial charge in [0.15, 0.2) is 0 Å². The fraction of sp³-hybridized carbons (Fsp3) is 0.360. The Bertz CT molecular complexity index is 1150. The third-order valence-electron chi connectivity index (χ3n) is 5.58. The van der Waals surface area contributed by atoms with E-state index in [4.69, 9.17) is 13.9 Å². The zero-order valence-corrected chi connectivity index (χ0v) is 21.4. The predicted octanol–water partition coefficient (Wildman–Crippen LogP) is 3.92. The Hall–Kier alpha value is -3.40. The lowest BCUT2D eigenvalue weighted by Crippen LogP contribution is -2.62. The molecule has 0 spiro atoms. The molecule has 2 heterocycles. The second-order valence-electron chi connectivity index (χ2n) is 7.74. The molecular weight excluding hydrogens is 522 g/mol. The van der Waals surface area contributed by atoms with Gasteiger partial charge in [-0.05, 0) is 72.6 Å². The molecule has 0 radical (unpaired) electrons. The summed E-state index contributed by atoms with van der Waals surface area (Å²) in [6, 6.07) is 8.31. The number of nitrogens with zero attached hydrogens (tertiary/aromatic N) is 1. The van der Waals surface area contributed by atoms with E-state index in [1.165, 1.54) is 19.3 Å². The van der Waals surface area contributed by atoms with Crippen molar-refractivity contribution in [1.29, 1.82) is 0 Å².